The molecule has 0 amide bonds. The highest BCUT2D eigenvalue weighted by Gasteiger charge is 2.24. The quantitative estimate of drug-likeness (QED) is 0.809. The summed E-state index contributed by atoms with van der Waals surface area (Å²) in [6.45, 7) is 10.1. The van der Waals surface area contributed by atoms with E-state index in [9.17, 15) is 0 Å². The van der Waals surface area contributed by atoms with Crippen molar-refractivity contribution in [3.05, 3.63) is 12.2 Å². The van der Waals surface area contributed by atoms with Gasteiger partial charge in [0.2, 0.25) is 0 Å². The zero-order valence-corrected chi connectivity index (χ0v) is 12.1. The van der Waals surface area contributed by atoms with Gasteiger partial charge in [-0.05, 0) is 45.1 Å². The third-order valence-corrected chi connectivity index (χ3v) is 3.59. The number of nitrogens with zero attached hydrogens (tertiary/aromatic N) is 3. The van der Waals surface area contributed by atoms with E-state index in [-0.39, 0.29) is 5.41 Å². The number of nitrogens with one attached hydrogen (secondary N) is 1. The van der Waals surface area contributed by atoms with Gasteiger partial charge in [0.15, 0.2) is 0 Å². The van der Waals surface area contributed by atoms with Gasteiger partial charge in [0.25, 0.3) is 0 Å². The van der Waals surface area contributed by atoms with Gasteiger partial charge in [0, 0.05) is 18.5 Å². The minimum absolute atomic E-state index is 0.279. The Kier molecular flexibility index (Phi) is 4.05. The van der Waals surface area contributed by atoms with Gasteiger partial charge in [-0.1, -0.05) is 13.8 Å². The molecule has 1 heterocycles. The van der Waals surface area contributed by atoms with Crippen LogP contribution in [0.3, 0.4) is 0 Å². The van der Waals surface area contributed by atoms with Crippen LogP contribution in [0.25, 0.3) is 0 Å². The molecule has 0 radical (unpaired) electrons. The molecule has 0 spiro atoms. The first kappa shape index (κ1) is 13.5. The second-order valence-corrected chi connectivity index (χ2v) is 6.53. The molecule has 0 aliphatic heterocycles. The van der Waals surface area contributed by atoms with Crippen LogP contribution in [0.5, 0.6) is 0 Å². The lowest BCUT2D eigenvalue weighted by Crippen LogP contribution is -2.26. The molecule has 4 heteroatoms. The second kappa shape index (κ2) is 5.39. The highest BCUT2D eigenvalue weighted by atomic mass is 15.3. The van der Waals surface area contributed by atoms with Crippen molar-refractivity contribution >= 4 is 0 Å². The molecule has 0 atom stereocenters. The molecular formula is C14H26N4. The summed E-state index contributed by atoms with van der Waals surface area (Å²) in [6, 6.07) is 1.20. The van der Waals surface area contributed by atoms with Gasteiger partial charge in [-0.2, -0.15) is 5.10 Å². The number of rotatable bonds is 7. The Morgan fingerprint density at radius 1 is 1.44 bits per heavy atom. The molecule has 1 aromatic heterocycles. The Bertz CT molecular complexity index is 377. The number of aromatic nitrogens is 3. The van der Waals surface area contributed by atoms with E-state index in [1.165, 1.54) is 19.3 Å². The van der Waals surface area contributed by atoms with E-state index in [4.69, 9.17) is 0 Å². The topological polar surface area (TPSA) is 42.7 Å². The summed E-state index contributed by atoms with van der Waals surface area (Å²) < 4.78 is 2.04. The average molecular weight is 250 g/mol. The Labute approximate surface area is 110 Å². The monoisotopic (exact) mass is 250 g/mol. The molecule has 2 rings (SSSR count). The van der Waals surface area contributed by atoms with E-state index >= 15 is 0 Å². The largest absolute Gasteiger partial charge is 0.314 e. The second-order valence-electron chi connectivity index (χ2n) is 6.53. The predicted octanol–water partition coefficient (Wildman–Crippen LogP) is 2.57. The van der Waals surface area contributed by atoms with E-state index in [1.807, 2.05) is 4.68 Å². The Balaban J connectivity index is 1.86. The fourth-order valence-corrected chi connectivity index (χ4v) is 2.25. The minimum atomic E-state index is 0.279. The van der Waals surface area contributed by atoms with Crippen molar-refractivity contribution in [3.63, 3.8) is 0 Å². The zero-order chi connectivity index (χ0) is 13.2. The summed E-state index contributed by atoms with van der Waals surface area (Å²) in [6.07, 6.45) is 6.59. The molecule has 0 saturated heterocycles. The first-order chi connectivity index (χ1) is 8.48. The van der Waals surface area contributed by atoms with Crippen LogP contribution in [0.1, 0.15) is 58.8 Å². The highest BCUT2D eigenvalue weighted by Crippen LogP contribution is 2.26. The van der Waals surface area contributed by atoms with Crippen molar-refractivity contribution < 1.29 is 0 Å². The van der Waals surface area contributed by atoms with E-state index in [2.05, 4.69) is 43.1 Å². The predicted molar refractivity (Wildman–Crippen MR) is 73.5 cm³/mol. The molecule has 0 unspecified atom stereocenters. The lowest BCUT2D eigenvalue weighted by atomic mass is 9.85. The molecule has 1 saturated carbocycles. The van der Waals surface area contributed by atoms with Crippen molar-refractivity contribution in [3.8, 4) is 0 Å². The summed E-state index contributed by atoms with van der Waals surface area (Å²) in [4.78, 5) is 4.41. The van der Waals surface area contributed by atoms with Crippen molar-refractivity contribution in [1.29, 1.82) is 0 Å². The third-order valence-electron chi connectivity index (χ3n) is 3.59. The van der Waals surface area contributed by atoms with E-state index in [0.29, 0.717) is 6.04 Å². The van der Waals surface area contributed by atoms with Crippen LogP contribution in [-0.4, -0.2) is 27.4 Å². The van der Waals surface area contributed by atoms with Crippen LogP contribution in [0.2, 0.25) is 0 Å². The average Bonchev–Trinajstić information content (AvgIpc) is 2.96. The van der Waals surface area contributed by atoms with Gasteiger partial charge >= 0.3 is 0 Å². The van der Waals surface area contributed by atoms with Crippen LogP contribution in [0.15, 0.2) is 6.33 Å². The van der Waals surface area contributed by atoms with Crippen molar-refractivity contribution in [2.75, 3.05) is 6.54 Å². The fraction of sp³-hybridized carbons (Fsp3) is 0.857. The number of hydrogen-bond donors (Lipinski definition) is 1. The SMILES string of the molecule is CC(C)n1ncnc1CC(C)(C)CCNC1CC1. The van der Waals surface area contributed by atoms with Gasteiger partial charge in [-0.3, -0.25) is 0 Å². The smallest absolute Gasteiger partial charge is 0.138 e. The number of hydrogen-bond acceptors (Lipinski definition) is 3. The summed E-state index contributed by atoms with van der Waals surface area (Å²) >= 11 is 0. The first-order valence-corrected chi connectivity index (χ1v) is 7.10. The van der Waals surface area contributed by atoms with Gasteiger partial charge in [-0.15, -0.1) is 0 Å². The van der Waals surface area contributed by atoms with Crippen LogP contribution >= 0.6 is 0 Å². The maximum Gasteiger partial charge on any atom is 0.138 e. The molecule has 1 aliphatic carbocycles. The molecule has 1 aliphatic rings. The molecule has 1 N–H and O–H groups in total. The van der Waals surface area contributed by atoms with Crippen molar-refractivity contribution in [2.24, 2.45) is 5.41 Å². The van der Waals surface area contributed by atoms with Crippen LogP contribution in [0.4, 0.5) is 0 Å². The molecule has 1 aromatic rings. The van der Waals surface area contributed by atoms with Gasteiger partial charge in [0.05, 0.1) is 0 Å². The Hall–Kier alpha value is -0.900. The molecule has 0 aromatic carbocycles. The zero-order valence-electron chi connectivity index (χ0n) is 12.1. The van der Waals surface area contributed by atoms with Gasteiger partial charge in [0.1, 0.15) is 12.2 Å². The lowest BCUT2D eigenvalue weighted by molar-refractivity contribution is 0.308. The maximum absolute atomic E-state index is 4.41. The summed E-state index contributed by atoms with van der Waals surface area (Å²) in [7, 11) is 0. The standard InChI is InChI=1S/C14H26N4/c1-11(2)18-13(16-10-17-18)9-14(3,4)7-8-15-12-5-6-12/h10-12,15H,5-9H2,1-4H3. The molecule has 1 fully saturated rings. The van der Waals surface area contributed by atoms with E-state index < -0.39 is 0 Å². The van der Waals surface area contributed by atoms with E-state index in [0.717, 1.165) is 24.8 Å². The third kappa shape index (κ3) is 3.80. The van der Waals surface area contributed by atoms with Crippen LogP contribution < -0.4 is 5.32 Å². The fourth-order valence-electron chi connectivity index (χ4n) is 2.25. The Morgan fingerprint density at radius 3 is 2.78 bits per heavy atom. The van der Waals surface area contributed by atoms with Gasteiger partial charge in [-0.25, -0.2) is 9.67 Å². The normalized spacial score (nSPS) is 16.5. The summed E-state index contributed by atoms with van der Waals surface area (Å²) in [5.41, 5.74) is 0.279. The summed E-state index contributed by atoms with van der Waals surface area (Å²) in [5.74, 6) is 1.11. The molecule has 102 valence electrons. The van der Waals surface area contributed by atoms with E-state index in [1.54, 1.807) is 6.33 Å². The van der Waals surface area contributed by atoms with Crippen molar-refractivity contribution in [1.82, 2.24) is 20.1 Å². The minimum Gasteiger partial charge on any atom is -0.314 e. The first-order valence-electron chi connectivity index (χ1n) is 7.10. The molecule has 18 heavy (non-hydrogen) atoms. The van der Waals surface area contributed by atoms with Crippen LogP contribution in [0, 0.1) is 5.41 Å². The lowest BCUT2D eigenvalue weighted by Gasteiger charge is -2.25. The van der Waals surface area contributed by atoms with Gasteiger partial charge < -0.3 is 5.32 Å². The van der Waals surface area contributed by atoms with Crippen molar-refractivity contribution in [2.45, 2.75) is 65.5 Å². The molecular weight excluding hydrogens is 224 g/mol. The summed E-state index contributed by atoms with van der Waals surface area (Å²) in [5, 5.41) is 7.90. The highest BCUT2D eigenvalue weighted by molar-refractivity contribution is 4.92. The Morgan fingerprint density at radius 2 is 2.17 bits per heavy atom. The molecule has 4 nitrogen and oxygen atoms in total. The maximum atomic E-state index is 4.41. The molecule has 0 bridgehead atoms. The van der Waals surface area contributed by atoms with Crippen LogP contribution in [-0.2, 0) is 6.42 Å².